The minimum Gasteiger partial charge on any atom is -0.469 e. The highest BCUT2D eigenvalue weighted by Crippen LogP contribution is 2.54. The zero-order chi connectivity index (χ0) is 13.5. The second-order valence-corrected chi connectivity index (χ2v) is 9.62. The van der Waals surface area contributed by atoms with Crippen molar-refractivity contribution in [1.29, 1.82) is 0 Å². The number of methoxy groups -OCH3 is 1. The maximum Gasteiger partial charge on any atom is 0.430 e. The fraction of sp³-hybridized carbons (Fsp3) is 0.917. The standard InChI is InChI=1S/C12H22F2O2Si/c1-11(2,3)17(13,14)8-9-6-7-12(9,4)10(15)16-5/h9H,6-8H2,1-5H3/t9-,12+/m0/s1. The molecule has 0 aromatic rings. The van der Waals surface area contributed by atoms with Crippen molar-refractivity contribution >= 4 is 14.7 Å². The van der Waals surface area contributed by atoms with Crippen LogP contribution in [0.15, 0.2) is 0 Å². The summed E-state index contributed by atoms with van der Waals surface area (Å²) >= 11 is 0. The van der Waals surface area contributed by atoms with Crippen molar-refractivity contribution in [3.8, 4) is 0 Å². The van der Waals surface area contributed by atoms with Gasteiger partial charge in [-0.2, -0.15) is 0 Å². The third-order valence-corrected chi connectivity index (χ3v) is 7.37. The molecule has 2 atom stereocenters. The van der Waals surface area contributed by atoms with E-state index in [4.69, 9.17) is 4.74 Å². The molecule has 17 heavy (non-hydrogen) atoms. The van der Waals surface area contributed by atoms with Crippen LogP contribution in [0, 0.1) is 11.3 Å². The monoisotopic (exact) mass is 264 g/mol. The number of carbonyl (C=O) groups excluding carboxylic acids is 1. The molecule has 0 radical (unpaired) electrons. The van der Waals surface area contributed by atoms with Gasteiger partial charge in [-0.05, 0) is 25.7 Å². The Morgan fingerprint density at radius 3 is 2.29 bits per heavy atom. The fourth-order valence-corrected chi connectivity index (χ4v) is 4.11. The van der Waals surface area contributed by atoms with Crippen molar-refractivity contribution in [2.45, 2.75) is 51.6 Å². The van der Waals surface area contributed by atoms with Crippen LogP contribution in [0.2, 0.25) is 11.1 Å². The molecule has 1 fully saturated rings. The number of rotatable bonds is 3. The van der Waals surface area contributed by atoms with Gasteiger partial charge in [-0.25, -0.2) is 0 Å². The van der Waals surface area contributed by atoms with Crippen LogP contribution in [0.25, 0.3) is 0 Å². The summed E-state index contributed by atoms with van der Waals surface area (Å²) in [7, 11) is -2.97. The third kappa shape index (κ3) is 2.54. The van der Waals surface area contributed by atoms with E-state index >= 15 is 0 Å². The van der Waals surface area contributed by atoms with E-state index in [2.05, 4.69) is 0 Å². The van der Waals surface area contributed by atoms with Crippen molar-refractivity contribution in [2.24, 2.45) is 11.3 Å². The normalized spacial score (nSPS) is 29.7. The lowest BCUT2D eigenvalue weighted by atomic mass is 9.62. The van der Waals surface area contributed by atoms with Crippen molar-refractivity contribution in [3.05, 3.63) is 0 Å². The summed E-state index contributed by atoms with van der Waals surface area (Å²) < 4.78 is 32.9. The van der Waals surface area contributed by atoms with Crippen LogP contribution in [-0.4, -0.2) is 21.8 Å². The Morgan fingerprint density at radius 1 is 1.47 bits per heavy atom. The molecule has 0 unspecified atom stereocenters. The van der Waals surface area contributed by atoms with E-state index in [9.17, 15) is 13.0 Å². The number of ether oxygens (including phenoxy) is 1. The molecule has 0 amide bonds. The van der Waals surface area contributed by atoms with Crippen LogP contribution < -0.4 is 0 Å². The van der Waals surface area contributed by atoms with Crippen molar-refractivity contribution in [2.75, 3.05) is 7.11 Å². The van der Waals surface area contributed by atoms with Gasteiger partial charge in [0.05, 0.1) is 12.5 Å². The molecular weight excluding hydrogens is 242 g/mol. The van der Waals surface area contributed by atoms with Gasteiger partial charge in [0.25, 0.3) is 0 Å². The zero-order valence-corrected chi connectivity index (χ0v) is 12.3. The highest BCUT2D eigenvalue weighted by Gasteiger charge is 2.57. The molecule has 0 aromatic carbocycles. The molecule has 0 saturated heterocycles. The summed E-state index contributed by atoms with van der Waals surface area (Å²) in [6, 6.07) is -0.0951. The van der Waals surface area contributed by atoms with E-state index in [0.717, 1.165) is 0 Å². The van der Waals surface area contributed by atoms with Gasteiger partial charge in [0.15, 0.2) is 0 Å². The minimum atomic E-state index is -4.29. The first-order valence-electron chi connectivity index (χ1n) is 6.01. The Hall–Kier alpha value is -0.453. The number of hydrogen-bond donors (Lipinski definition) is 0. The van der Waals surface area contributed by atoms with Gasteiger partial charge in [0.1, 0.15) is 0 Å². The summed E-state index contributed by atoms with van der Waals surface area (Å²) in [5.74, 6) is -0.552. The summed E-state index contributed by atoms with van der Waals surface area (Å²) in [5, 5.41) is -0.931. The Morgan fingerprint density at radius 2 is 2.00 bits per heavy atom. The molecule has 0 bridgehead atoms. The predicted octanol–water partition coefficient (Wildman–Crippen LogP) is 3.76. The van der Waals surface area contributed by atoms with Gasteiger partial charge in [-0.15, -0.1) is 0 Å². The molecule has 1 saturated carbocycles. The molecule has 1 aliphatic carbocycles. The van der Waals surface area contributed by atoms with E-state index in [1.54, 1.807) is 27.7 Å². The topological polar surface area (TPSA) is 26.3 Å². The summed E-state index contributed by atoms with van der Waals surface area (Å²) in [6.07, 6.45) is 1.38. The summed E-state index contributed by atoms with van der Waals surface area (Å²) in [5.41, 5.74) is -0.684. The van der Waals surface area contributed by atoms with Crippen LogP contribution in [0.3, 0.4) is 0 Å². The van der Waals surface area contributed by atoms with E-state index in [0.29, 0.717) is 12.8 Å². The van der Waals surface area contributed by atoms with Gasteiger partial charge in [0.2, 0.25) is 0 Å². The molecule has 100 valence electrons. The Bertz CT molecular complexity index is 312. The van der Waals surface area contributed by atoms with Crippen LogP contribution in [0.1, 0.15) is 40.5 Å². The largest absolute Gasteiger partial charge is 0.469 e. The quantitative estimate of drug-likeness (QED) is 0.441. The third-order valence-electron chi connectivity index (χ3n) is 4.16. The van der Waals surface area contributed by atoms with Gasteiger partial charge in [-0.3, -0.25) is 13.0 Å². The highest BCUT2D eigenvalue weighted by atomic mass is 28.4. The van der Waals surface area contributed by atoms with E-state index < -0.39 is 19.2 Å². The fourth-order valence-electron chi connectivity index (χ4n) is 2.23. The van der Waals surface area contributed by atoms with Gasteiger partial charge < -0.3 is 4.74 Å². The first-order chi connectivity index (χ1) is 7.54. The summed E-state index contributed by atoms with van der Waals surface area (Å²) in [6.45, 7) is 6.52. The molecule has 1 aliphatic rings. The Kier molecular flexibility index (Phi) is 3.73. The molecule has 5 heteroatoms. The van der Waals surface area contributed by atoms with E-state index in [1.165, 1.54) is 7.11 Å². The number of hydrogen-bond acceptors (Lipinski definition) is 2. The van der Waals surface area contributed by atoms with Crippen LogP contribution in [0.4, 0.5) is 8.22 Å². The SMILES string of the molecule is COC(=O)[C@]1(C)CC[C@H]1C[Si](F)(F)C(C)(C)C. The lowest BCUT2D eigenvalue weighted by Gasteiger charge is -2.46. The number of esters is 1. The second-order valence-electron chi connectivity index (χ2n) is 6.30. The van der Waals surface area contributed by atoms with E-state index in [-0.39, 0.29) is 17.9 Å². The second kappa shape index (κ2) is 4.34. The molecule has 0 N–H and O–H groups in total. The average molecular weight is 264 g/mol. The number of carbonyl (C=O) groups is 1. The van der Waals surface area contributed by atoms with Gasteiger partial charge in [0, 0.05) is 11.1 Å². The number of halogens is 2. The maximum atomic E-state index is 14.1. The zero-order valence-electron chi connectivity index (χ0n) is 11.3. The molecule has 0 spiro atoms. The summed E-state index contributed by atoms with van der Waals surface area (Å²) in [4.78, 5) is 11.6. The van der Waals surface area contributed by atoms with Crippen LogP contribution in [0.5, 0.6) is 0 Å². The Labute approximate surface area is 103 Å². The molecular formula is C12H22F2O2Si. The van der Waals surface area contributed by atoms with Crippen LogP contribution in [-0.2, 0) is 9.53 Å². The molecule has 0 heterocycles. The lowest BCUT2D eigenvalue weighted by molar-refractivity contribution is -0.162. The van der Waals surface area contributed by atoms with Crippen molar-refractivity contribution < 1.29 is 17.7 Å². The minimum absolute atomic E-state index is 0.0951. The highest BCUT2D eigenvalue weighted by molar-refractivity contribution is 6.69. The predicted molar refractivity (Wildman–Crippen MR) is 65.3 cm³/mol. The molecule has 0 aromatic heterocycles. The lowest BCUT2D eigenvalue weighted by Crippen LogP contribution is -2.49. The smallest absolute Gasteiger partial charge is 0.430 e. The maximum absolute atomic E-state index is 14.1. The van der Waals surface area contributed by atoms with Crippen molar-refractivity contribution in [3.63, 3.8) is 0 Å². The molecule has 0 aliphatic heterocycles. The van der Waals surface area contributed by atoms with E-state index in [1.807, 2.05) is 0 Å². The van der Waals surface area contributed by atoms with Crippen LogP contribution >= 0.6 is 0 Å². The first-order valence-corrected chi connectivity index (χ1v) is 7.97. The van der Waals surface area contributed by atoms with Gasteiger partial charge >= 0.3 is 14.7 Å². The molecule has 2 nitrogen and oxygen atoms in total. The van der Waals surface area contributed by atoms with Gasteiger partial charge in [-0.1, -0.05) is 20.8 Å². The average Bonchev–Trinajstić information content (AvgIpc) is 2.20. The Balaban J connectivity index is 2.75. The first kappa shape index (κ1) is 14.6. The molecule has 1 rings (SSSR count). The van der Waals surface area contributed by atoms with Crippen molar-refractivity contribution in [1.82, 2.24) is 0 Å².